The quantitative estimate of drug-likeness (QED) is 0.622. The predicted octanol–water partition coefficient (Wildman–Crippen LogP) is 2.80. The van der Waals surface area contributed by atoms with Gasteiger partial charge in [0.25, 0.3) is 0 Å². The monoisotopic (exact) mass is 198 g/mol. The maximum absolute atomic E-state index is 13.5. The number of hydrogen-bond acceptors (Lipinski definition) is 1. The molecule has 0 aromatic heterocycles. The molecule has 1 nitrogen and oxygen atoms in total. The fourth-order valence-corrected chi connectivity index (χ4v) is 1.69. The van der Waals surface area contributed by atoms with Gasteiger partial charge in [0.2, 0.25) is 0 Å². The van der Waals surface area contributed by atoms with Crippen LogP contribution in [0.1, 0.15) is 18.1 Å². The molecule has 3 heteroatoms. The zero-order valence-corrected chi connectivity index (χ0v) is 8.23. The topological polar surface area (TPSA) is 9.23 Å². The Morgan fingerprint density at radius 3 is 2.86 bits per heavy atom. The molecule has 1 heterocycles. The van der Waals surface area contributed by atoms with Crippen molar-refractivity contribution >= 4 is 0 Å². The van der Waals surface area contributed by atoms with Crippen LogP contribution in [0.5, 0.6) is 5.75 Å². The maximum Gasteiger partial charge on any atom is 0.146 e. The Morgan fingerprint density at radius 1 is 1.43 bits per heavy atom. The van der Waals surface area contributed by atoms with Crippen molar-refractivity contribution in [2.75, 3.05) is 6.61 Å². The Bertz CT molecular complexity index is 372. The van der Waals surface area contributed by atoms with E-state index in [1.54, 1.807) is 13.0 Å². The van der Waals surface area contributed by atoms with E-state index in [2.05, 4.69) is 0 Å². The van der Waals surface area contributed by atoms with E-state index >= 15 is 0 Å². The fourth-order valence-electron chi connectivity index (χ4n) is 1.69. The van der Waals surface area contributed by atoms with E-state index in [1.807, 2.05) is 0 Å². The van der Waals surface area contributed by atoms with Gasteiger partial charge >= 0.3 is 0 Å². The minimum absolute atomic E-state index is 0.00287. The summed E-state index contributed by atoms with van der Waals surface area (Å²) in [6, 6.07) is 3.15. The van der Waals surface area contributed by atoms with E-state index in [1.165, 1.54) is 13.0 Å². The molecule has 0 saturated heterocycles. The highest BCUT2D eigenvalue weighted by Crippen LogP contribution is 2.33. The molecule has 0 spiro atoms. The molecule has 0 radical (unpaired) electrons. The van der Waals surface area contributed by atoms with Crippen molar-refractivity contribution in [1.29, 1.82) is 0 Å². The first-order chi connectivity index (χ1) is 6.48. The third-order valence-corrected chi connectivity index (χ3v) is 2.37. The second kappa shape index (κ2) is 2.94. The van der Waals surface area contributed by atoms with Crippen LogP contribution in [-0.4, -0.2) is 12.3 Å². The second-order valence-corrected chi connectivity index (χ2v) is 4.10. The van der Waals surface area contributed by atoms with Gasteiger partial charge in [-0.05, 0) is 31.5 Å². The Balaban J connectivity index is 2.47. The Kier molecular flexibility index (Phi) is 1.98. The van der Waals surface area contributed by atoms with Crippen molar-refractivity contribution in [1.82, 2.24) is 0 Å². The zero-order valence-electron chi connectivity index (χ0n) is 8.23. The predicted molar refractivity (Wildman–Crippen MR) is 49.8 cm³/mol. The summed E-state index contributed by atoms with van der Waals surface area (Å²) in [5, 5.41) is 0. The summed E-state index contributed by atoms with van der Waals surface area (Å²) in [6.45, 7) is 3.22. The van der Waals surface area contributed by atoms with E-state index in [-0.39, 0.29) is 18.8 Å². The van der Waals surface area contributed by atoms with Crippen molar-refractivity contribution in [3.63, 3.8) is 0 Å². The zero-order chi connectivity index (χ0) is 10.3. The van der Waals surface area contributed by atoms with Gasteiger partial charge in [0.1, 0.15) is 23.8 Å². The number of aryl methyl sites for hydroxylation is 1. The first-order valence-electron chi connectivity index (χ1n) is 4.59. The van der Waals surface area contributed by atoms with Gasteiger partial charge in [0, 0.05) is 12.0 Å². The molecule has 0 amide bonds. The van der Waals surface area contributed by atoms with Gasteiger partial charge in [-0.25, -0.2) is 8.78 Å². The molecule has 1 aliphatic heterocycles. The van der Waals surface area contributed by atoms with E-state index in [0.717, 1.165) is 5.56 Å². The molecule has 1 unspecified atom stereocenters. The van der Waals surface area contributed by atoms with E-state index < -0.39 is 5.67 Å². The van der Waals surface area contributed by atoms with E-state index in [0.29, 0.717) is 11.3 Å². The molecule has 1 aliphatic rings. The largest absolute Gasteiger partial charge is 0.490 e. The van der Waals surface area contributed by atoms with E-state index in [9.17, 15) is 8.78 Å². The third kappa shape index (κ3) is 1.59. The average Bonchev–Trinajstić information content (AvgIpc) is 2.06. The van der Waals surface area contributed by atoms with Crippen LogP contribution in [0.2, 0.25) is 0 Å². The maximum atomic E-state index is 13.5. The number of ether oxygens (including phenoxy) is 1. The molecule has 1 aromatic carbocycles. The lowest BCUT2D eigenvalue weighted by Crippen LogP contribution is -2.34. The highest BCUT2D eigenvalue weighted by molar-refractivity contribution is 5.40. The lowest BCUT2D eigenvalue weighted by molar-refractivity contribution is 0.0824. The number of benzene rings is 1. The lowest BCUT2D eigenvalue weighted by Gasteiger charge is -2.28. The smallest absolute Gasteiger partial charge is 0.146 e. The van der Waals surface area contributed by atoms with Crippen molar-refractivity contribution in [3.05, 3.63) is 29.1 Å². The molecule has 0 saturated carbocycles. The standard InChI is InChI=1S/C11H12F2O/c1-7-3-9(12)8-5-11(2,13)6-14-10(8)4-7/h3-4H,5-6H2,1-2H3. The van der Waals surface area contributed by atoms with Crippen LogP contribution < -0.4 is 4.74 Å². The Labute approximate surface area is 81.7 Å². The number of fused-ring (bicyclic) bond motifs is 1. The van der Waals surface area contributed by atoms with Crippen molar-refractivity contribution in [2.45, 2.75) is 25.9 Å². The molecule has 0 N–H and O–H groups in total. The SMILES string of the molecule is Cc1cc(F)c2c(c1)OCC(C)(F)C2. The summed E-state index contributed by atoms with van der Waals surface area (Å²) in [6.07, 6.45) is 0.0917. The molecule has 76 valence electrons. The number of rotatable bonds is 0. The minimum atomic E-state index is -1.46. The van der Waals surface area contributed by atoms with Gasteiger partial charge in [-0.2, -0.15) is 0 Å². The molecule has 2 rings (SSSR count). The van der Waals surface area contributed by atoms with Gasteiger partial charge in [-0.15, -0.1) is 0 Å². The van der Waals surface area contributed by atoms with Crippen LogP contribution >= 0.6 is 0 Å². The molecule has 0 aliphatic carbocycles. The number of alkyl halides is 1. The highest BCUT2D eigenvalue weighted by Gasteiger charge is 2.32. The summed E-state index contributed by atoms with van der Waals surface area (Å²) < 4.78 is 32.2. The van der Waals surface area contributed by atoms with Gasteiger partial charge < -0.3 is 4.74 Å². The Hall–Kier alpha value is -1.12. The van der Waals surface area contributed by atoms with Crippen LogP contribution in [0, 0.1) is 12.7 Å². The average molecular weight is 198 g/mol. The summed E-state index contributed by atoms with van der Waals surface area (Å²) in [4.78, 5) is 0. The molecule has 1 aromatic rings. The Morgan fingerprint density at radius 2 is 2.14 bits per heavy atom. The first kappa shape index (κ1) is 9.44. The van der Waals surface area contributed by atoms with Crippen molar-refractivity contribution < 1.29 is 13.5 Å². The molecule has 1 atom stereocenters. The normalized spacial score (nSPS) is 25.4. The lowest BCUT2D eigenvalue weighted by atomic mass is 9.94. The summed E-state index contributed by atoms with van der Waals surface area (Å²) in [5.41, 5.74) is -0.307. The van der Waals surface area contributed by atoms with E-state index in [4.69, 9.17) is 4.74 Å². The molecule has 0 bridgehead atoms. The fraction of sp³-hybridized carbons (Fsp3) is 0.455. The van der Waals surface area contributed by atoms with Crippen LogP contribution in [0.25, 0.3) is 0 Å². The van der Waals surface area contributed by atoms with Gasteiger partial charge in [0.15, 0.2) is 0 Å². The van der Waals surface area contributed by atoms with Crippen molar-refractivity contribution in [2.24, 2.45) is 0 Å². The summed E-state index contributed by atoms with van der Waals surface area (Å²) in [7, 11) is 0. The summed E-state index contributed by atoms with van der Waals surface area (Å²) in [5.74, 6) is 0.112. The van der Waals surface area contributed by atoms with Crippen molar-refractivity contribution in [3.8, 4) is 5.75 Å². The van der Waals surface area contributed by atoms with Gasteiger partial charge in [0.05, 0.1) is 0 Å². The molecular weight excluding hydrogens is 186 g/mol. The van der Waals surface area contributed by atoms with Gasteiger partial charge in [-0.1, -0.05) is 0 Å². The third-order valence-electron chi connectivity index (χ3n) is 2.37. The van der Waals surface area contributed by atoms with Crippen LogP contribution in [0.3, 0.4) is 0 Å². The first-order valence-corrected chi connectivity index (χ1v) is 4.59. The molecule has 0 fully saturated rings. The van der Waals surface area contributed by atoms with Gasteiger partial charge in [-0.3, -0.25) is 0 Å². The molecule has 14 heavy (non-hydrogen) atoms. The van der Waals surface area contributed by atoms with Crippen LogP contribution in [0.4, 0.5) is 8.78 Å². The number of halogens is 2. The van der Waals surface area contributed by atoms with Crippen LogP contribution in [0.15, 0.2) is 12.1 Å². The highest BCUT2D eigenvalue weighted by atomic mass is 19.1. The summed E-state index contributed by atoms with van der Waals surface area (Å²) >= 11 is 0. The number of hydrogen-bond donors (Lipinski definition) is 0. The molecular formula is C11H12F2O. The second-order valence-electron chi connectivity index (χ2n) is 4.10. The minimum Gasteiger partial charge on any atom is -0.490 e. The van der Waals surface area contributed by atoms with Crippen LogP contribution in [-0.2, 0) is 6.42 Å².